The number of para-hydroxylation sites is 1. The van der Waals surface area contributed by atoms with Crippen molar-refractivity contribution in [3.63, 3.8) is 0 Å². The Morgan fingerprint density at radius 3 is 2.81 bits per heavy atom. The van der Waals surface area contributed by atoms with Crippen LogP contribution in [0.4, 0.5) is 5.13 Å². The third-order valence-corrected chi connectivity index (χ3v) is 5.31. The second kappa shape index (κ2) is 8.18. The number of aryl methyl sites for hydroxylation is 1. The van der Waals surface area contributed by atoms with E-state index in [2.05, 4.69) is 15.6 Å². The zero-order chi connectivity index (χ0) is 18.7. The molecule has 0 saturated heterocycles. The Balaban J connectivity index is 1.57. The van der Waals surface area contributed by atoms with Crippen molar-refractivity contribution in [2.75, 3.05) is 11.9 Å². The molecule has 0 unspecified atom stereocenters. The maximum absolute atomic E-state index is 12.0. The van der Waals surface area contributed by atoms with Gasteiger partial charge in [-0.25, -0.2) is 4.98 Å². The summed E-state index contributed by atoms with van der Waals surface area (Å²) in [4.78, 5) is 16.3. The van der Waals surface area contributed by atoms with Crippen molar-refractivity contribution in [1.29, 1.82) is 0 Å². The molecule has 1 aromatic heterocycles. The van der Waals surface area contributed by atoms with Crippen molar-refractivity contribution >= 4 is 73.1 Å². The number of fused-ring (bicyclic) bond motifs is 1. The second-order valence-electron chi connectivity index (χ2n) is 5.28. The van der Waals surface area contributed by atoms with Crippen LogP contribution in [0.1, 0.15) is 5.56 Å². The van der Waals surface area contributed by atoms with E-state index in [1.165, 1.54) is 11.3 Å². The average molecular weight is 426 g/mol. The fraction of sp³-hybridized carbons (Fsp3) is 0.118. The Morgan fingerprint density at radius 2 is 2.04 bits per heavy atom. The van der Waals surface area contributed by atoms with Crippen LogP contribution in [0.2, 0.25) is 10.0 Å². The van der Waals surface area contributed by atoms with Gasteiger partial charge in [-0.2, -0.15) is 0 Å². The Labute approximate surface area is 169 Å². The normalized spacial score (nSPS) is 10.6. The van der Waals surface area contributed by atoms with Gasteiger partial charge < -0.3 is 10.1 Å². The smallest absolute Gasteiger partial charge is 0.264 e. The van der Waals surface area contributed by atoms with E-state index < -0.39 is 0 Å². The fourth-order valence-corrected chi connectivity index (χ4v) is 3.71. The van der Waals surface area contributed by atoms with Gasteiger partial charge in [-0.1, -0.05) is 52.7 Å². The fourth-order valence-electron chi connectivity index (χ4n) is 2.14. The summed E-state index contributed by atoms with van der Waals surface area (Å²) in [6.07, 6.45) is 0. The SMILES string of the molecule is Cc1ccccc1OCC(=O)NC(=S)Nc1nc2c(Cl)c(Cl)ccc2s1. The van der Waals surface area contributed by atoms with Crippen molar-refractivity contribution in [1.82, 2.24) is 10.3 Å². The zero-order valence-electron chi connectivity index (χ0n) is 13.5. The molecule has 0 radical (unpaired) electrons. The van der Waals surface area contributed by atoms with Crippen LogP contribution < -0.4 is 15.4 Å². The topological polar surface area (TPSA) is 63.2 Å². The molecule has 3 rings (SSSR count). The van der Waals surface area contributed by atoms with E-state index in [1.54, 1.807) is 12.1 Å². The first-order chi connectivity index (χ1) is 12.4. The van der Waals surface area contributed by atoms with Gasteiger partial charge in [0.15, 0.2) is 16.9 Å². The van der Waals surface area contributed by atoms with E-state index in [-0.39, 0.29) is 17.6 Å². The maximum atomic E-state index is 12.0. The highest BCUT2D eigenvalue weighted by atomic mass is 35.5. The molecule has 9 heteroatoms. The van der Waals surface area contributed by atoms with Crippen LogP contribution in [-0.2, 0) is 4.79 Å². The Morgan fingerprint density at radius 1 is 1.27 bits per heavy atom. The number of ether oxygens (including phenoxy) is 1. The number of hydrogen-bond donors (Lipinski definition) is 2. The molecule has 0 atom stereocenters. The lowest BCUT2D eigenvalue weighted by molar-refractivity contribution is -0.121. The number of carbonyl (C=O) groups is 1. The van der Waals surface area contributed by atoms with Gasteiger partial charge >= 0.3 is 0 Å². The number of hydrogen-bond acceptors (Lipinski definition) is 5. The van der Waals surface area contributed by atoms with Crippen LogP contribution in [0.25, 0.3) is 10.2 Å². The number of anilines is 1. The zero-order valence-corrected chi connectivity index (χ0v) is 16.7. The molecule has 3 aromatic rings. The number of thiazole rings is 1. The number of aromatic nitrogens is 1. The van der Waals surface area contributed by atoms with E-state index in [9.17, 15) is 4.79 Å². The van der Waals surface area contributed by atoms with E-state index in [1.807, 2.05) is 31.2 Å². The molecule has 0 aliphatic carbocycles. The van der Waals surface area contributed by atoms with Gasteiger partial charge in [-0.15, -0.1) is 0 Å². The summed E-state index contributed by atoms with van der Waals surface area (Å²) in [7, 11) is 0. The van der Waals surface area contributed by atoms with E-state index >= 15 is 0 Å². The van der Waals surface area contributed by atoms with Gasteiger partial charge in [0.05, 0.1) is 14.7 Å². The van der Waals surface area contributed by atoms with Gasteiger partial charge in [0.1, 0.15) is 11.3 Å². The van der Waals surface area contributed by atoms with Crippen molar-refractivity contribution in [2.45, 2.75) is 6.92 Å². The lowest BCUT2D eigenvalue weighted by Gasteiger charge is -2.10. The molecule has 2 aromatic carbocycles. The van der Waals surface area contributed by atoms with Crippen LogP contribution in [0.3, 0.4) is 0 Å². The van der Waals surface area contributed by atoms with Gasteiger partial charge in [0.2, 0.25) is 0 Å². The third kappa shape index (κ3) is 4.42. The highest BCUT2D eigenvalue weighted by Gasteiger charge is 2.12. The standard InChI is InChI=1S/C17H13Cl2N3O2S2/c1-9-4-2-3-5-11(9)24-8-13(23)20-16(25)22-17-21-15-12(26-17)7-6-10(18)14(15)19/h2-7H,8H2,1H3,(H2,20,21,22,23,25). The second-order valence-corrected chi connectivity index (χ2v) is 7.51. The predicted molar refractivity (Wildman–Crippen MR) is 111 cm³/mol. The van der Waals surface area contributed by atoms with Crippen molar-refractivity contribution in [2.24, 2.45) is 0 Å². The first kappa shape index (κ1) is 18.8. The number of carbonyl (C=O) groups excluding carboxylic acids is 1. The van der Waals surface area contributed by atoms with E-state index in [4.69, 9.17) is 40.2 Å². The Bertz CT molecular complexity index is 991. The molecule has 2 N–H and O–H groups in total. The van der Waals surface area contributed by atoms with Crippen LogP contribution in [0, 0.1) is 6.92 Å². The summed E-state index contributed by atoms with van der Waals surface area (Å²) < 4.78 is 6.34. The Kier molecular flexibility index (Phi) is 5.93. The van der Waals surface area contributed by atoms with Gasteiger partial charge in [0.25, 0.3) is 5.91 Å². The number of thiocarbonyl (C=S) groups is 1. The molecule has 0 spiro atoms. The molecule has 5 nitrogen and oxygen atoms in total. The van der Waals surface area contributed by atoms with E-state index in [0.29, 0.717) is 26.4 Å². The molecule has 0 aliphatic heterocycles. The molecule has 134 valence electrons. The molecule has 1 heterocycles. The highest BCUT2D eigenvalue weighted by molar-refractivity contribution is 7.80. The quantitative estimate of drug-likeness (QED) is 0.587. The van der Waals surface area contributed by atoms with Crippen molar-refractivity contribution in [3.8, 4) is 5.75 Å². The molecule has 0 bridgehead atoms. The summed E-state index contributed by atoms with van der Waals surface area (Å²) in [5.74, 6) is 0.284. The highest BCUT2D eigenvalue weighted by Crippen LogP contribution is 2.35. The average Bonchev–Trinajstić information content (AvgIpc) is 3.00. The summed E-state index contributed by atoms with van der Waals surface area (Å²) in [5.41, 5.74) is 1.54. The molecule has 0 saturated carbocycles. The number of rotatable bonds is 4. The van der Waals surface area contributed by atoms with E-state index in [0.717, 1.165) is 10.3 Å². The lowest BCUT2D eigenvalue weighted by atomic mass is 10.2. The number of halogens is 2. The number of nitrogens with one attached hydrogen (secondary N) is 2. The minimum Gasteiger partial charge on any atom is -0.483 e. The first-order valence-corrected chi connectivity index (χ1v) is 9.46. The van der Waals surface area contributed by atoms with Crippen molar-refractivity contribution < 1.29 is 9.53 Å². The van der Waals surface area contributed by atoms with Gasteiger partial charge in [-0.05, 0) is 42.9 Å². The van der Waals surface area contributed by atoms with Crippen LogP contribution in [-0.4, -0.2) is 22.6 Å². The summed E-state index contributed by atoms with van der Waals surface area (Å²) >= 11 is 18.6. The van der Waals surface area contributed by atoms with Crippen LogP contribution in [0.15, 0.2) is 36.4 Å². The number of nitrogens with zero attached hydrogens (tertiary/aromatic N) is 1. The van der Waals surface area contributed by atoms with Crippen LogP contribution >= 0.6 is 46.8 Å². The van der Waals surface area contributed by atoms with Crippen LogP contribution in [0.5, 0.6) is 5.75 Å². The molecule has 0 aliphatic rings. The molecule has 1 amide bonds. The largest absolute Gasteiger partial charge is 0.483 e. The molecule has 26 heavy (non-hydrogen) atoms. The number of amides is 1. The summed E-state index contributed by atoms with van der Waals surface area (Å²) in [6.45, 7) is 1.76. The maximum Gasteiger partial charge on any atom is 0.264 e. The minimum atomic E-state index is -0.368. The Hall–Kier alpha value is -1.93. The summed E-state index contributed by atoms with van der Waals surface area (Å²) in [5, 5.41) is 6.87. The monoisotopic (exact) mass is 425 g/mol. The minimum absolute atomic E-state index is 0.129. The third-order valence-electron chi connectivity index (χ3n) is 3.38. The molecular formula is C17H13Cl2N3O2S2. The molecular weight excluding hydrogens is 413 g/mol. The van der Waals surface area contributed by atoms with Gasteiger partial charge in [-0.3, -0.25) is 10.1 Å². The van der Waals surface area contributed by atoms with Gasteiger partial charge in [0, 0.05) is 0 Å². The number of benzene rings is 2. The lowest BCUT2D eigenvalue weighted by Crippen LogP contribution is -2.37. The van der Waals surface area contributed by atoms with Crippen molar-refractivity contribution in [3.05, 3.63) is 52.0 Å². The predicted octanol–water partition coefficient (Wildman–Crippen LogP) is 4.80. The summed E-state index contributed by atoms with van der Waals surface area (Å²) in [6, 6.07) is 11.0. The molecule has 0 fully saturated rings. The first-order valence-electron chi connectivity index (χ1n) is 7.48.